The Balaban J connectivity index is 2.03. The van der Waals surface area contributed by atoms with Gasteiger partial charge in [-0.15, -0.1) is 0 Å². The molecule has 1 saturated heterocycles. The van der Waals surface area contributed by atoms with Crippen molar-refractivity contribution < 1.29 is 22.4 Å². The fourth-order valence-electron chi connectivity index (χ4n) is 2.79. The van der Waals surface area contributed by atoms with Gasteiger partial charge in [-0.25, -0.2) is 12.8 Å². The predicted octanol–water partition coefficient (Wildman–Crippen LogP) is 1.18. The molecule has 0 saturated carbocycles. The van der Waals surface area contributed by atoms with Crippen LogP contribution >= 0.6 is 0 Å². The second-order valence-electron chi connectivity index (χ2n) is 5.86. The van der Waals surface area contributed by atoms with Gasteiger partial charge < -0.3 is 0 Å². The Morgan fingerprint density at radius 2 is 1.96 bits per heavy atom. The summed E-state index contributed by atoms with van der Waals surface area (Å²) < 4.78 is 39.4. The van der Waals surface area contributed by atoms with E-state index in [-0.39, 0.29) is 17.9 Å². The number of benzene rings is 1. The third-order valence-corrected chi connectivity index (χ3v) is 6.07. The van der Waals surface area contributed by atoms with Gasteiger partial charge in [0.05, 0.1) is 11.3 Å². The van der Waals surface area contributed by atoms with Gasteiger partial charge in [0.2, 0.25) is 10.0 Å². The zero-order chi connectivity index (χ0) is 18.4. The zero-order valence-electron chi connectivity index (χ0n) is 14.0. The Morgan fingerprint density at radius 1 is 1.24 bits per heavy atom. The first-order valence-electron chi connectivity index (χ1n) is 8.21. The van der Waals surface area contributed by atoms with E-state index >= 15 is 0 Å². The topological polar surface area (TPSA) is 95.6 Å². The summed E-state index contributed by atoms with van der Waals surface area (Å²) in [5, 5.41) is 0. The van der Waals surface area contributed by atoms with Gasteiger partial charge in [0, 0.05) is 6.54 Å². The zero-order valence-corrected chi connectivity index (χ0v) is 14.8. The summed E-state index contributed by atoms with van der Waals surface area (Å²) in [6.45, 7) is 2.03. The van der Waals surface area contributed by atoms with E-state index in [2.05, 4.69) is 10.9 Å². The molecule has 9 heteroatoms. The van der Waals surface area contributed by atoms with E-state index in [4.69, 9.17) is 0 Å². The highest BCUT2D eigenvalue weighted by molar-refractivity contribution is 7.89. The summed E-state index contributed by atoms with van der Waals surface area (Å²) in [6.07, 6.45) is 2.24. The average Bonchev–Trinajstić information content (AvgIpc) is 2.59. The number of hydrazine groups is 1. The van der Waals surface area contributed by atoms with Gasteiger partial charge >= 0.3 is 0 Å². The van der Waals surface area contributed by atoms with Crippen molar-refractivity contribution in [2.24, 2.45) is 0 Å². The molecule has 1 aromatic rings. The van der Waals surface area contributed by atoms with Crippen LogP contribution in [-0.2, 0) is 14.8 Å². The number of hydrogen-bond donors (Lipinski definition) is 2. The average molecular weight is 371 g/mol. The summed E-state index contributed by atoms with van der Waals surface area (Å²) >= 11 is 0. The fourth-order valence-corrected chi connectivity index (χ4v) is 4.54. The van der Waals surface area contributed by atoms with Crippen LogP contribution in [0.3, 0.4) is 0 Å². The molecule has 0 aliphatic carbocycles. The Bertz CT molecular complexity index is 739. The Labute approximate surface area is 146 Å². The third-order valence-electron chi connectivity index (χ3n) is 3.99. The minimum atomic E-state index is -3.53. The first-order chi connectivity index (χ1) is 11.9. The number of nitrogens with zero attached hydrogens (tertiary/aromatic N) is 1. The number of sulfonamides is 1. The quantitative estimate of drug-likeness (QED) is 0.760. The standard InChI is InChI=1S/C16H22FN3O4S/c1-2-11-25(23,24)20-10-6-5-9-14(20)16(22)19-18-15(21)12-7-3-4-8-13(12)17/h3-4,7-8,14H,2,5-6,9-11H2,1H3,(H,18,21)(H,19,22). The minimum Gasteiger partial charge on any atom is -0.271 e. The van der Waals surface area contributed by atoms with E-state index in [1.165, 1.54) is 22.5 Å². The smallest absolute Gasteiger partial charge is 0.271 e. The lowest BCUT2D eigenvalue weighted by molar-refractivity contribution is -0.126. The largest absolute Gasteiger partial charge is 0.272 e. The van der Waals surface area contributed by atoms with Crippen LogP contribution < -0.4 is 10.9 Å². The van der Waals surface area contributed by atoms with Crippen LogP contribution in [0.25, 0.3) is 0 Å². The maximum absolute atomic E-state index is 13.6. The molecule has 0 spiro atoms. The van der Waals surface area contributed by atoms with Gasteiger partial charge in [-0.1, -0.05) is 25.5 Å². The van der Waals surface area contributed by atoms with E-state index in [1.54, 1.807) is 6.92 Å². The monoisotopic (exact) mass is 371 g/mol. The molecular formula is C16H22FN3O4S. The first kappa shape index (κ1) is 19.3. The van der Waals surface area contributed by atoms with Crippen molar-refractivity contribution in [2.45, 2.75) is 38.6 Å². The summed E-state index contributed by atoms with van der Waals surface area (Å²) in [7, 11) is -3.53. The fraction of sp³-hybridized carbons (Fsp3) is 0.500. The molecule has 0 bridgehead atoms. The lowest BCUT2D eigenvalue weighted by atomic mass is 10.0. The number of rotatable bonds is 5. The Morgan fingerprint density at radius 3 is 2.64 bits per heavy atom. The van der Waals surface area contributed by atoms with Gasteiger partial charge in [0.15, 0.2) is 0 Å². The Kier molecular flexibility index (Phi) is 6.49. The number of nitrogens with one attached hydrogen (secondary N) is 2. The number of carbonyl (C=O) groups is 2. The molecule has 2 rings (SSSR count). The van der Waals surface area contributed by atoms with Crippen LogP contribution in [-0.4, -0.2) is 42.9 Å². The molecule has 0 aromatic heterocycles. The van der Waals surface area contributed by atoms with Gasteiger partial charge in [-0.05, 0) is 31.4 Å². The van der Waals surface area contributed by atoms with Gasteiger partial charge in [-0.2, -0.15) is 4.31 Å². The van der Waals surface area contributed by atoms with Crippen molar-refractivity contribution in [1.82, 2.24) is 15.2 Å². The maximum Gasteiger partial charge on any atom is 0.272 e. The molecule has 1 aliphatic heterocycles. The molecule has 0 radical (unpaired) electrons. The van der Waals surface area contributed by atoms with Gasteiger partial charge in [-0.3, -0.25) is 20.4 Å². The van der Waals surface area contributed by atoms with Crippen LogP contribution in [0.5, 0.6) is 0 Å². The highest BCUT2D eigenvalue weighted by Gasteiger charge is 2.36. The molecule has 138 valence electrons. The third kappa shape index (κ3) is 4.76. The van der Waals surface area contributed by atoms with Crippen molar-refractivity contribution in [3.05, 3.63) is 35.6 Å². The van der Waals surface area contributed by atoms with Crippen LogP contribution in [0.1, 0.15) is 43.0 Å². The van der Waals surface area contributed by atoms with Crippen LogP contribution in [0.15, 0.2) is 24.3 Å². The maximum atomic E-state index is 13.6. The molecule has 2 N–H and O–H groups in total. The molecule has 1 aliphatic rings. The number of carbonyl (C=O) groups excluding carboxylic acids is 2. The van der Waals surface area contributed by atoms with E-state index in [9.17, 15) is 22.4 Å². The normalized spacial score (nSPS) is 18.6. The van der Waals surface area contributed by atoms with Gasteiger partial charge in [0.1, 0.15) is 11.9 Å². The number of amides is 2. The van der Waals surface area contributed by atoms with E-state index in [1.807, 2.05) is 0 Å². The highest BCUT2D eigenvalue weighted by Crippen LogP contribution is 2.21. The van der Waals surface area contributed by atoms with Crippen LogP contribution in [0.4, 0.5) is 4.39 Å². The minimum absolute atomic E-state index is 0.0294. The molecule has 7 nitrogen and oxygen atoms in total. The molecule has 1 heterocycles. The number of halogens is 1. The first-order valence-corrected chi connectivity index (χ1v) is 9.82. The molecule has 25 heavy (non-hydrogen) atoms. The number of hydrogen-bond acceptors (Lipinski definition) is 4. The molecule has 1 fully saturated rings. The van der Waals surface area contributed by atoms with E-state index in [0.717, 1.165) is 12.5 Å². The highest BCUT2D eigenvalue weighted by atomic mass is 32.2. The van der Waals surface area contributed by atoms with E-state index < -0.39 is 33.7 Å². The molecule has 1 aromatic carbocycles. The second-order valence-corrected chi connectivity index (χ2v) is 7.90. The lowest BCUT2D eigenvalue weighted by Crippen LogP contribution is -2.55. The SMILES string of the molecule is CCCS(=O)(=O)N1CCCCC1C(=O)NNC(=O)c1ccccc1F. The summed E-state index contributed by atoms with van der Waals surface area (Å²) in [6, 6.07) is 4.50. The van der Waals surface area contributed by atoms with E-state index in [0.29, 0.717) is 19.3 Å². The van der Waals surface area contributed by atoms with Crippen molar-refractivity contribution in [3.63, 3.8) is 0 Å². The summed E-state index contributed by atoms with van der Waals surface area (Å²) in [5.41, 5.74) is 4.15. The number of piperidine rings is 1. The predicted molar refractivity (Wildman–Crippen MR) is 90.4 cm³/mol. The van der Waals surface area contributed by atoms with Crippen molar-refractivity contribution in [2.75, 3.05) is 12.3 Å². The van der Waals surface area contributed by atoms with Gasteiger partial charge in [0.25, 0.3) is 11.8 Å². The Hall–Kier alpha value is -2.00. The lowest BCUT2D eigenvalue weighted by Gasteiger charge is -2.33. The van der Waals surface area contributed by atoms with Crippen molar-refractivity contribution in [3.8, 4) is 0 Å². The molecule has 1 unspecified atom stereocenters. The van der Waals surface area contributed by atoms with Crippen molar-refractivity contribution >= 4 is 21.8 Å². The second kappa shape index (κ2) is 8.39. The summed E-state index contributed by atoms with van der Waals surface area (Å²) in [5.74, 6) is -2.16. The molecular weight excluding hydrogens is 349 g/mol. The molecule has 1 atom stereocenters. The van der Waals surface area contributed by atoms with Crippen LogP contribution in [0.2, 0.25) is 0 Å². The van der Waals surface area contributed by atoms with Crippen LogP contribution in [0, 0.1) is 5.82 Å². The summed E-state index contributed by atoms with van der Waals surface area (Å²) in [4.78, 5) is 24.3. The molecule has 2 amide bonds. The van der Waals surface area contributed by atoms with Crippen molar-refractivity contribution in [1.29, 1.82) is 0 Å².